The number of amides is 3. The molecule has 4 aliphatic rings. The van der Waals surface area contributed by atoms with E-state index in [4.69, 9.17) is 0 Å². The SMILES string of the molecule is Cc1ccccc1N1C(=O)[C@H]2[C@H]3CCCN3[C@@]3(C(=O)Nc4ccccc43)[C@H]2C1=O. The second kappa shape index (κ2) is 5.54. The van der Waals surface area contributed by atoms with Crippen molar-refractivity contribution in [3.63, 3.8) is 0 Å². The Kier molecular flexibility index (Phi) is 3.23. The fourth-order valence-corrected chi connectivity index (χ4v) is 6.21. The average molecular weight is 387 g/mol. The standard InChI is InChI=1S/C23H21N3O3/c1-13-7-2-5-10-16(13)26-20(27)18-17-11-6-12-25(17)23(19(18)21(26)28)14-8-3-4-9-15(14)24-22(23)29/h2-5,7-10,17-19H,6,11-12H2,1H3,(H,24,29)/t17-,18+,19-,23-/m1/s1. The van der Waals surface area contributed by atoms with Gasteiger partial charge in [-0.1, -0.05) is 36.4 Å². The fraction of sp³-hybridized carbons (Fsp3) is 0.348. The topological polar surface area (TPSA) is 69.7 Å². The average Bonchev–Trinajstić information content (AvgIpc) is 3.41. The van der Waals surface area contributed by atoms with Crippen LogP contribution in [0.5, 0.6) is 0 Å². The molecule has 1 spiro atoms. The van der Waals surface area contributed by atoms with Crippen molar-refractivity contribution in [2.45, 2.75) is 31.3 Å². The van der Waals surface area contributed by atoms with Crippen molar-refractivity contribution in [3.05, 3.63) is 59.7 Å². The van der Waals surface area contributed by atoms with Crippen LogP contribution < -0.4 is 10.2 Å². The Labute approximate surface area is 168 Å². The zero-order valence-electron chi connectivity index (χ0n) is 16.1. The molecular weight excluding hydrogens is 366 g/mol. The highest BCUT2D eigenvalue weighted by Gasteiger charge is 2.74. The molecule has 0 bridgehead atoms. The van der Waals surface area contributed by atoms with E-state index in [1.165, 1.54) is 4.90 Å². The second-order valence-electron chi connectivity index (χ2n) is 8.47. The first-order valence-electron chi connectivity index (χ1n) is 10.2. The van der Waals surface area contributed by atoms with Crippen molar-refractivity contribution >= 4 is 29.1 Å². The van der Waals surface area contributed by atoms with Gasteiger partial charge in [-0.3, -0.25) is 19.3 Å². The number of carbonyl (C=O) groups excluding carboxylic acids is 3. The van der Waals surface area contributed by atoms with Crippen molar-refractivity contribution in [1.29, 1.82) is 0 Å². The quantitative estimate of drug-likeness (QED) is 0.763. The van der Waals surface area contributed by atoms with Crippen LogP contribution in [0.1, 0.15) is 24.0 Å². The molecule has 1 N–H and O–H groups in total. The van der Waals surface area contributed by atoms with Gasteiger partial charge in [0, 0.05) is 17.3 Å². The molecule has 146 valence electrons. The van der Waals surface area contributed by atoms with E-state index in [0.717, 1.165) is 36.2 Å². The van der Waals surface area contributed by atoms with Gasteiger partial charge >= 0.3 is 0 Å². The highest BCUT2D eigenvalue weighted by molar-refractivity contribution is 6.26. The molecule has 4 heterocycles. The third-order valence-corrected chi connectivity index (χ3v) is 7.26. The molecule has 3 amide bonds. The lowest BCUT2D eigenvalue weighted by Gasteiger charge is -2.36. The molecule has 0 unspecified atom stereocenters. The zero-order chi connectivity index (χ0) is 19.9. The summed E-state index contributed by atoms with van der Waals surface area (Å²) in [6, 6.07) is 15.0. The predicted molar refractivity (Wildman–Crippen MR) is 107 cm³/mol. The lowest BCUT2D eigenvalue weighted by atomic mass is 9.75. The molecule has 3 saturated heterocycles. The summed E-state index contributed by atoms with van der Waals surface area (Å²) >= 11 is 0. The number of nitrogens with one attached hydrogen (secondary N) is 1. The molecule has 0 saturated carbocycles. The van der Waals surface area contributed by atoms with Crippen LogP contribution in [0, 0.1) is 18.8 Å². The van der Waals surface area contributed by atoms with Gasteiger partial charge in [-0.25, -0.2) is 4.90 Å². The molecule has 6 rings (SSSR count). The summed E-state index contributed by atoms with van der Waals surface area (Å²) in [5, 5.41) is 2.99. The normalized spacial score (nSPS) is 32.7. The number of nitrogens with zero attached hydrogens (tertiary/aromatic N) is 2. The van der Waals surface area contributed by atoms with Crippen molar-refractivity contribution < 1.29 is 14.4 Å². The van der Waals surface area contributed by atoms with E-state index in [2.05, 4.69) is 10.2 Å². The summed E-state index contributed by atoms with van der Waals surface area (Å²) in [6.07, 6.45) is 1.76. The Morgan fingerprint density at radius 2 is 1.76 bits per heavy atom. The van der Waals surface area contributed by atoms with E-state index in [1.807, 2.05) is 55.5 Å². The maximum atomic E-state index is 13.8. The minimum Gasteiger partial charge on any atom is -0.324 e. The summed E-state index contributed by atoms with van der Waals surface area (Å²) in [6.45, 7) is 2.63. The van der Waals surface area contributed by atoms with Crippen molar-refractivity contribution in [2.24, 2.45) is 11.8 Å². The molecule has 0 radical (unpaired) electrons. The molecule has 29 heavy (non-hydrogen) atoms. The molecule has 4 aliphatic heterocycles. The summed E-state index contributed by atoms with van der Waals surface area (Å²) in [7, 11) is 0. The number of benzene rings is 2. The van der Waals surface area contributed by atoms with Gasteiger partial charge in [-0.05, 0) is 44.0 Å². The van der Waals surface area contributed by atoms with E-state index in [1.54, 1.807) is 0 Å². The number of imide groups is 1. The Balaban J connectivity index is 1.58. The lowest BCUT2D eigenvalue weighted by molar-refractivity contribution is -0.135. The third-order valence-electron chi connectivity index (χ3n) is 7.26. The number of hydrogen-bond acceptors (Lipinski definition) is 4. The Morgan fingerprint density at radius 3 is 2.59 bits per heavy atom. The van der Waals surface area contributed by atoms with Crippen LogP contribution in [0.3, 0.4) is 0 Å². The van der Waals surface area contributed by atoms with Gasteiger partial charge in [-0.2, -0.15) is 0 Å². The number of anilines is 2. The molecule has 0 aromatic heterocycles. The van der Waals surface area contributed by atoms with Crippen LogP contribution in [0.15, 0.2) is 48.5 Å². The molecule has 0 aliphatic carbocycles. The first-order valence-corrected chi connectivity index (χ1v) is 10.2. The van der Waals surface area contributed by atoms with Gasteiger partial charge in [0.15, 0.2) is 0 Å². The molecule has 4 atom stereocenters. The van der Waals surface area contributed by atoms with Crippen LogP contribution in [0.2, 0.25) is 0 Å². The van der Waals surface area contributed by atoms with Crippen LogP contribution in [-0.4, -0.2) is 35.2 Å². The van der Waals surface area contributed by atoms with Gasteiger partial charge in [0.2, 0.25) is 17.7 Å². The zero-order valence-corrected chi connectivity index (χ0v) is 16.1. The van der Waals surface area contributed by atoms with Gasteiger partial charge in [0.25, 0.3) is 0 Å². The monoisotopic (exact) mass is 387 g/mol. The number of fused-ring (bicyclic) bond motifs is 7. The Morgan fingerprint density at radius 1 is 1.00 bits per heavy atom. The van der Waals surface area contributed by atoms with Gasteiger partial charge < -0.3 is 5.32 Å². The molecule has 2 aromatic carbocycles. The van der Waals surface area contributed by atoms with E-state index in [-0.39, 0.29) is 23.8 Å². The minimum absolute atomic E-state index is 0.0811. The lowest BCUT2D eigenvalue weighted by Crippen LogP contribution is -2.54. The number of hydrogen-bond donors (Lipinski definition) is 1. The largest absolute Gasteiger partial charge is 0.324 e. The van der Waals surface area contributed by atoms with Crippen molar-refractivity contribution in [1.82, 2.24) is 4.90 Å². The highest BCUT2D eigenvalue weighted by Crippen LogP contribution is 2.60. The second-order valence-corrected chi connectivity index (χ2v) is 8.47. The Hall–Kier alpha value is -2.99. The van der Waals surface area contributed by atoms with E-state index >= 15 is 0 Å². The smallest absolute Gasteiger partial charge is 0.250 e. The van der Waals surface area contributed by atoms with E-state index in [0.29, 0.717) is 5.69 Å². The van der Waals surface area contributed by atoms with Crippen molar-refractivity contribution in [3.8, 4) is 0 Å². The van der Waals surface area contributed by atoms with Gasteiger partial charge in [-0.15, -0.1) is 0 Å². The van der Waals surface area contributed by atoms with E-state index in [9.17, 15) is 14.4 Å². The number of carbonyl (C=O) groups is 3. The minimum atomic E-state index is -1.09. The summed E-state index contributed by atoms with van der Waals surface area (Å²) in [5.41, 5.74) is 1.99. The van der Waals surface area contributed by atoms with Crippen LogP contribution in [0.4, 0.5) is 11.4 Å². The number of rotatable bonds is 1. The number of aryl methyl sites for hydroxylation is 1. The van der Waals surface area contributed by atoms with Crippen LogP contribution >= 0.6 is 0 Å². The van der Waals surface area contributed by atoms with Crippen LogP contribution in [-0.2, 0) is 19.9 Å². The molecular formula is C23H21N3O3. The third kappa shape index (κ3) is 1.83. The van der Waals surface area contributed by atoms with Gasteiger partial charge in [0.1, 0.15) is 5.54 Å². The fourth-order valence-electron chi connectivity index (χ4n) is 6.21. The first-order chi connectivity index (χ1) is 14.1. The summed E-state index contributed by atoms with van der Waals surface area (Å²) in [5.74, 6) is -1.77. The predicted octanol–water partition coefficient (Wildman–Crippen LogP) is 2.43. The number of para-hydroxylation sites is 2. The summed E-state index contributed by atoms with van der Waals surface area (Å²) < 4.78 is 0. The first kappa shape index (κ1) is 16.9. The maximum absolute atomic E-state index is 13.8. The van der Waals surface area contributed by atoms with Crippen molar-refractivity contribution in [2.75, 3.05) is 16.8 Å². The summed E-state index contributed by atoms with van der Waals surface area (Å²) in [4.78, 5) is 44.4. The molecule has 6 nitrogen and oxygen atoms in total. The molecule has 3 fully saturated rings. The van der Waals surface area contributed by atoms with Crippen LogP contribution in [0.25, 0.3) is 0 Å². The highest BCUT2D eigenvalue weighted by atomic mass is 16.2. The molecule has 6 heteroatoms. The van der Waals surface area contributed by atoms with E-state index < -0.39 is 17.4 Å². The Bertz CT molecular complexity index is 1100. The van der Waals surface area contributed by atoms with Gasteiger partial charge in [0.05, 0.1) is 17.5 Å². The molecule has 2 aromatic rings. The maximum Gasteiger partial charge on any atom is 0.250 e.